The van der Waals surface area contributed by atoms with Gasteiger partial charge in [-0.25, -0.2) is 9.49 Å². The van der Waals surface area contributed by atoms with Gasteiger partial charge in [0.1, 0.15) is 11.5 Å². The van der Waals surface area contributed by atoms with Gasteiger partial charge in [0.25, 0.3) is 5.56 Å². The Hall–Kier alpha value is -2.69. The molecule has 0 aliphatic carbocycles. The van der Waals surface area contributed by atoms with Crippen molar-refractivity contribution in [3.05, 3.63) is 58.6 Å². The molecule has 0 amide bonds. The summed E-state index contributed by atoms with van der Waals surface area (Å²) in [5, 5.41) is 7.54. The number of hydrogen-bond acceptors (Lipinski definition) is 3. The molecule has 1 aromatic heterocycles. The van der Waals surface area contributed by atoms with Crippen LogP contribution in [0.1, 0.15) is 0 Å². The SMILES string of the molecule is Nc1ccc(F)cc1-c1n[nH]c(=O)c2ccccc12. The summed E-state index contributed by atoms with van der Waals surface area (Å²) in [6.45, 7) is 0. The molecule has 94 valence electrons. The number of anilines is 1. The van der Waals surface area contributed by atoms with E-state index < -0.39 is 5.82 Å². The van der Waals surface area contributed by atoms with Gasteiger partial charge in [-0.1, -0.05) is 18.2 Å². The third-order valence-corrected chi connectivity index (χ3v) is 2.97. The molecule has 5 heteroatoms. The van der Waals surface area contributed by atoms with Crippen molar-refractivity contribution in [2.24, 2.45) is 0 Å². The van der Waals surface area contributed by atoms with Gasteiger partial charge >= 0.3 is 0 Å². The van der Waals surface area contributed by atoms with Crippen LogP contribution < -0.4 is 11.3 Å². The second-order valence-electron chi connectivity index (χ2n) is 4.18. The fraction of sp³-hybridized carbons (Fsp3) is 0. The standard InChI is InChI=1S/C14H10FN3O/c15-8-5-6-12(16)11(7-8)13-9-3-1-2-4-10(9)14(19)18-17-13/h1-7H,16H2,(H,18,19). The van der Waals surface area contributed by atoms with Crippen LogP contribution in [0.4, 0.5) is 10.1 Å². The van der Waals surface area contributed by atoms with Gasteiger partial charge < -0.3 is 5.73 Å². The summed E-state index contributed by atoms with van der Waals surface area (Å²) < 4.78 is 13.4. The number of aromatic amines is 1. The lowest BCUT2D eigenvalue weighted by molar-refractivity contribution is 0.628. The number of hydrogen-bond donors (Lipinski definition) is 2. The molecule has 3 N–H and O–H groups in total. The quantitative estimate of drug-likeness (QED) is 0.655. The molecule has 3 rings (SSSR count). The third kappa shape index (κ3) is 1.85. The highest BCUT2D eigenvalue weighted by molar-refractivity contribution is 5.96. The van der Waals surface area contributed by atoms with Crippen molar-refractivity contribution in [2.75, 3.05) is 5.73 Å². The zero-order chi connectivity index (χ0) is 13.4. The Morgan fingerprint density at radius 3 is 2.63 bits per heavy atom. The van der Waals surface area contributed by atoms with E-state index in [2.05, 4.69) is 10.2 Å². The average Bonchev–Trinajstić information content (AvgIpc) is 2.43. The van der Waals surface area contributed by atoms with E-state index in [-0.39, 0.29) is 5.56 Å². The molecule has 19 heavy (non-hydrogen) atoms. The maximum absolute atomic E-state index is 13.4. The van der Waals surface area contributed by atoms with Crippen molar-refractivity contribution in [2.45, 2.75) is 0 Å². The van der Waals surface area contributed by atoms with E-state index in [0.29, 0.717) is 27.7 Å². The molecule has 0 spiro atoms. The second-order valence-corrected chi connectivity index (χ2v) is 4.18. The normalized spacial score (nSPS) is 10.8. The molecule has 0 unspecified atom stereocenters. The first-order valence-electron chi connectivity index (χ1n) is 5.69. The Morgan fingerprint density at radius 1 is 1.11 bits per heavy atom. The Labute approximate surface area is 107 Å². The maximum Gasteiger partial charge on any atom is 0.272 e. The van der Waals surface area contributed by atoms with Gasteiger partial charge in [-0.05, 0) is 24.3 Å². The molecule has 0 aliphatic heterocycles. The number of benzene rings is 2. The van der Waals surface area contributed by atoms with Crippen molar-refractivity contribution < 1.29 is 4.39 Å². The minimum Gasteiger partial charge on any atom is -0.398 e. The monoisotopic (exact) mass is 255 g/mol. The van der Waals surface area contributed by atoms with Gasteiger partial charge in [0.15, 0.2) is 0 Å². The summed E-state index contributed by atoms with van der Waals surface area (Å²) >= 11 is 0. The molecule has 0 aliphatic rings. The fourth-order valence-electron chi connectivity index (χ4n) is 2.05. The number of nitrogens with two attached hydrogens (primary N) is 1. The van der Waals surface area contributed by atoms with Crippen LogP contribution in [0.25, 0.3) is 22.0 Å². The maximum atomic E-state index is 13.4. The average molecular weight is 255 g/mol. The summed E-state index contributed by atoms with van der Waals surface area (Å²) in [5.74, 6) is -0.402. The zero-order valence-corrected chi connectivity index (χ0v) is 9.85. The summed E-state index contributed by atoms with van der Waals surface area (Å²) in [7, 11) is 0. The number of nitrogen functional groups attached to an aromatic ring is 1. The van der Waals surface area contributed by atoms with Crippen LogP contribution in [0.5, 0.6) is 0 Å². The van der Waals surface area contributed by atoms with Crippen LogP contribution in [0.2, 0.25) is 0 Å². The lowest BCUT2D eigenvalue weighted by Gasteiger charge is -2.07. The largest absolute Gasteiger partial charge is 0.398 e. The lowest BCUT2D eigenvalue weighted by atomic mass is 10.0. The minimum atomic E-state index is -0.402. The van der Waals surface area contributed by atoms with Gasteiger partial charge in [-0.2, -0.15) is 5.10 Å². The molecular weight excluding hydrogens is 245 g/mol. The van der Waals surface area contributed by atoms with Crippen molar-refractivity contribution in [3.8, 4) is 11.3 Å². The number of fused-ring (bicyclic) bond motifs is 1. The van der Waals surface area contributed by atoms with Gasteiger partial charge in [-0.15, -0.1) is 0 Å². The number of halogens is 1. The molecular formula is C14H10FN3O. The molecule has 3 aromatic rings. The Morgan fingerprint density at radius 2 is 1.84 bits per heavy atom. The Kier molecular flexibility index (Phi) is 2.52. The highest BCUT2D eigenvalue weighted by Crippen LogP contribution is 2.29. The Bertz CT molecular complexity index is 826. The topological polar surface area (TPSA) is 71.8 Å². The smallest absolute Gasteiger partial charge is 0.272 e. The van der Waals surface area contributed by atoms with Gasteiger partial charge in [0.2, 0.25) is 0 Å². The number of aromatic nitrogens is 2. The first kappa shape index (κ1) is 11.4. The first-order valence-corrected chi connectivity index (χ1v) is 5.69. The van der Waals surface area contributed by atoms with Crippen molar-refractivity contribution in [3.63, 3.8) is 0 Å². The molecule has 4 nitrogen and oxygen atoms in total. The van der Waals surface area contributed by atoms with E-state index in [1.54, 1.807) is 24.3 Å². The van der Waals surface area contributed by atoms with Crippen LogP contribution in [-0.2, 0) is 0 Å². The van der Waals surface area contributed by atoms with Crippen LogP contribution in [0.3, 0.4) is 0 Å². The van der Waals surface area contributed by atoms with E-state index in [1.807, 2.05) is 0 Å². The highest BCUT2D eigenvalue weighted by atomic mass is 19.1. The van der Waals surface area contributed by atoms with Crippen LogP contribution >= 0.6 is 0 Å². The lowest BCUT2D eigenvalue weighted by Crippen LogP contribution is -2.09. The number of nitrogens with zero attached hydrogens (tertiary/aromatic N) is 1. The number of nitrogens with one attached hydrogen (secondary N) is 1. The molecule has 0 saturated heterocycles. The van der Waals surface area contributed by atoms with Gasteiger partial charge in [-0.3, -0.25) is 4.79 Å². The van der Waals surface area contributed by atoms with Crippen molar-refractivity contribution in [1.82, 2.24) is 10.2 Å². The molecule has 0 saturated carbocycles. The summed E-state index contributed by atoms with van der Waals surface area (Å²) in [6.07, 6.45) is 0. The second kappa shape index (κ2) is 4.20. The predicted molar refractivity (Wildman–Crippen MR) is 72.2 cm³/mol. The fourth-order valence-corrected chi connectivity index (χ4v) is 2.05. The van der Waals surface area contributed by atoms with E-state index in [1.165, 1.54) is 18.2 Å². The van der Waals surface area contributed by atoms with E-state index in [4.69, 9.17) is 5.73 Å². The minimum absolute atomic E-state index is 0.283. The first-order chi connectivity index (χ1) is 9.16. The Balaban J connectivity index is 2.41. The van der Waals surface area contributed by atoms with E-state index in [9.17, 15) is 9.18 Å². The predicted octanol–water partition coefficient (Wildman–Crippen LogP) is 2.31. The molecule has 1 heterocycles. The zero-order valence-electron chi connectivity index (χ0n) is 9.85. The highest BCUT2D eigenvalue weighted by Gasteiger charge is 2.11. The van der Waals surface area contributed by atoms with Crippen molar-refractivity contribution in [1.29, 1.82) is 0 Å². The van der Waals surface area contributed by atoms with Gasteiger partial charge in [0.05, 0.1) is 5.39 Å². The number of H-pyrrole nitrogens is 1. The molecule has 0 bridgehead atoms. The molecule has 0 atom stereocenters. The summed E-state index contributed by atoms with van der Waals surface area (Å²) in [4.78, 5) is 11.7. The number of rotatable bonds is 1. The van der Waals surface area contributed by atoms with Crippen LogP contribution in [0.15, 0.2) is 47.3 Å². The summed E-state index contributed by atoms with van der Waals surface area (Å²) in [5.41, 5.74) is 6.91. The molecule has 2 aromatic carbocycles. The molecule has 0 fully saturated rings. The van der Waals surface area contributed by atoms with E-state index in [0.717, 1.165) is 0 Å². The van der Waals surface area contributed by atoms with Crippen molar-refractivity contribution >= 4 is 16.5 Å². The molecule has 0 radical (unpaired) electrons. The van der Waals surface area contributed by atoms with Gasteiger partial charge in [0, 0.05) is 16.6 Å². The third-order valence-electron chi connectivity index (χ3n) is 2.97. The van der Waals surface area contributed by atoms with E-state index >= 15 is 0 Å². The van der Waals surface area contributed by atoms with Crippen LogP contribution in [-0.4, -0.2) is 10.2 Å². The summed E-state index contributed by atoms with van der Waals surface area (Å²) in [6, 6.07) is 11.1. The van der Waals surface area contributed by atoms with Crippen LogP contribution in [0, 0.1) is 5.82 Å².